The van der Waals surface area contributed by atoms with Crippen LogP contribution in [0, 0.1) is 6.92 Å². The minimum atomic E-state index is -0.650. The molecule has 0 fully saturated rings. The van der Waals surface area contributed by atoms with E-state index < -0.39 is 24.5 Å². The summed E-state index contributed by atoms with van der Waals surface area (Å²) in [4.78, 5) is 49.0. The van der Waals surface area contributed by atoms with Crippen molar-refractivity contribution < 1.29 is 33.4 Å². The first-order valence-corrected chi connectivity index (χ1v) is 10.7. The van der Waals surface area contributed by atoms with Crippen molar-refractivity contribution in [3.63, 3.8) is 0 Å². The van der Waals surface area contributed by atoms with Gasteiger partial charge in [-0.15, -0.1) is 11.3 Å². The summed E-state index contributed by atoms with van der Waals surface area (Å²) in [5.74, 6) is -1.47. The number of rotatable bonds is 10. The van der Waals surface area contributed by atoms with Gasteiger partial charge >= 0.3 is 11.9 Å². The summed E-state index contributed by atoms with van der Waals surface area (Å²) in [7, 11) is 3.04. The van der Waals surface area contributed by atoms with Crippen LogP contribution in [0.15, 0.2) is 24.3 Å². The number of hydrogen-bond acceptors (Lipinski definition) is 8. The molecule has 2 aromatic rings. The fraction of sp³-hybridized carbons (Fsp3) is 0.364. The van der Waals surface area contributed by atoms with Crippen molar-refractivity contribution >= 4 is 40.1 Å². The third-order valence-electron chi connectivity index (χ3n) is 4.45. The molecule has 0 aliphatic heterocycles. The molecular formula is C22H26N2O7S. The molecule has 2 rings (SSSR count). The number of thiophene rings is 1. The number of methoxy groups -OCH3 is 1. The number of aryl methyl sites for hydroxylation is 1. The van der Waals surface area contributed by atoms with Gasteiger partial charge in [0.2, 0.25) is 0 Å². The van der Waals surface area contributed by atoms with Crippen molar-refractivity contribution in [1.29, 1.82) is 0 Å². The number of nitrogens with one attached hydrogen (secondary N) is 2. The Bertz CT molecular complexity index is 983. The predicted octanol–water partition coefficient (Wildman–Crippen LogP) is 2.72. The van der Waals surface area contributed by atoms with Crippen LogP contribution in [0.1, 0.15) is 44.5 Å². The van der Waals surface area contributed by atoms with Crippen molar-refractivity contribution in [3.05, 3.63) is 45.8 Å². The van der Waals surface area contributed by atoms with E-state index in [0.29, 0.717) is 12.0 Å². The van der Waals surface area contributed by atoms with Crippen LogP contribution in [0.3, 0.4) is 0 Å². The van der Waals surface area contributed by atoms with Gasteiger partial charge < -0.3 is 24.8 Å². The molecule has 0 radical (unpaired) electrons. The molecule has 0 saturated heterocycles. The molecule has 1 heterocycles. The quantitative estimate of drug-likeness (QED) is 0.521. The molecule has 10 heteroatoms. The van der Waals surface area contributed by atoms with Crippen molar-refractivity contribution in [1.82, 2.24) is 5.32 Å². The lowest BCUT2D eigenvalue weighted by molar-refractivity contribution is -0.147. The Balaban J connectivity index is 1.96. The first-order valence-electron chi connectivity index (χ1n) is 9.91. The van der Waals surface area contributed by atoms with Gasteiger partial charge in [0.15, 0.2) is 6.61 Å². The largest absolute Gasteiger partial charge is 0.497 e. The number of amides is 2. The molecule has 172 valence electrons. The first kappa shape index (κ1) is 24.9. The highest BCUT2D eigenvalue weighted by Crippen LogP contribution is 2.33. The predicted molar refractivity (Wildman–Crippen MR) is 119 cm³/mol. The monoisotopic (exact) mass is 462 g/mol. The zero-order valence-corrected chi connectivity index (χ0v) is 19.2. The number of ether oxygens (including phenoxy) is 3. The Morgan fingerprint density at radius 1 is 1.06 bits per heavy atom. The third-order valence-corrected chi connectivity index (χ3v) is 5.66. The van der Waals surface area contributed by atoms with Crippen LogP contribution >= 0.6 is 11.3 Å². The molecule has 0 aliphatic rings. The number of hydrogen-bond donors (Lipinski definition) is 2. The number of anilines is 1. The summed E-state index contributed by atoms with van der Waals surface area (Å²) in [6.45, 7) is 2.88. The smallest absolute Gasteiger partial charge is 0.341 e. The van der Waals surface area contributed by atoms with Crippen molar-refractivity contribution in [2.45, 2.75) is 26.7 Å². The van der Waals surface area contributed by atoms with Crippen molar-refractivity contribution in [3.8, 4) is 5.75 Å². The van der Waals surface area contributed by atoms with Crippen LogP contribution in [0.25, 0.3) is 0 Å². The fourth-order valence-corrected chi connectivity index (χ4v) is 3.96. The first-order chi connectivity index (χ1) is 15.3. The van der Waals surface area contributed by atoms with E-state index in [4.69, 9.17) is 14.2 Å². The van der Waals surface area contributed by atoms with E-state index in [-0.39, 0.29) is 34.4 Å². The lowest BCUT2D eigenvalue weighted by Crippen LogP contribution is -2.22. The number of esters is 2. The van der Waals surface area contributed by atoms with Gasteiger partial charge in [-0.25, -0.2) is 4.79 Å². The van der Waals surface area contributed by atoms with E-state index in [0.717, 1.165) is 22.6 Å². The van der Waals surface area contributed by atoms with Crippen LogP contribution in [-0.4, -0.2) is 51.1 Å². The Labute approximate surface area is 190 Å². The standard InChI is InChI=1S/C22H26N2O7S/c1-5-30-22(28)18-13(2)19(20(27)23-3)32-21(18)24-16(25)12-31-17(26)11-8-14-6-9-15(29-4)10-7-14/h6-7,9-10H,5,8,11-12H2,1-4H3,(H,23,27)(H,24,25). The molecule has 0 saturated carbocycles. The molecule has 0 spiro atoms. The topological polar surface area (TPSA) is 120 Å². The highest BCUT2D eigenvalue weighted by Gasteiger charge is 2.26. The minimum absolute atomic E-state index is 0.104. The van der Waals surface area contributed by atoms with Crippen molar-refractivity contribution in [2.24, 2.45) is 0 Å². The van der Waals surface area contributed by atoms with E-state index in [1.54, 1.807) is 33.1 Å². The molecule has 0 aliphatic carbocycles. The Morgan fingerprint density at radius 2 is 1.75 bits per heavy atom. The van der Waals surface area contributed by atoms with E-state index in [9.17, 15) is 19.2 Å². The highest BCUT2D eigenvalue weighted by atomic mass is 32.1. The van der Waals surface area contributed by atoms with Gasteiger partial charge in [0.25, 0.3) is 11.8 Å². The second kappa shape index (κ2) is 11.8. The molecular weight excluding hydrogens is 436 g/mol. The van der Waals surface area contributed by atoms with E-state index in [1.165, 1.54) is 7.05 Å². The summed E-state index contributed by atoms with van der Waals surface area (Å²) < 4.78 is 15.2. The number of carbonyl (C=O) groups excluding carboxylic acids is 4. The van der Waals surface area contributed by atoms with Gasteiger partial charge in [-0.1, -0.05) is 12.1 Å². The Morgan fingerprint density at radius 3 is 2.34 bits per heavy atom. The second-order valence-corrected chi connectivity index (χ2v) is 7.64. The number of benzene rings is 1. The summed E-state index contributed by atoms with van der Waals surface area (Å²) in [6.07, 6.45) is 0.559. The van der Waals surface area contributed by atoms with Gasteiger partial charge in [0, 0.05) is 13.5 Å². The van der Waals surface area contributed by atoms with Crippen LogP contribution in [0.2, 0.25) is 0 Å². The Kier molecular flexibility index (Phi) is 9.21. The average Bonchev–Trinajstić information content (AvgIpc) is 3.11. The molecule has 1 aromatic heterocycles. The van der Waals surface area contributed by atoms with Gasteiger partial charge in [0.05, 0.1) is 24.2 Å². The molecule has 2 amide bonds. The van der Waals surface area contributed by atoms with Crippen LogP contribution in [-0.2, 0) is 25.5 Å². The second-order valence-electron chi connectivity index (χ2n) is 6.62. The van der Waals surface area contributed by atoms with Gasteiger partial charge in [-0.2, -0.15) is 0 Å². The SMILES string of the molecule is CCOC(=O)c1c(NC(=O)COC(=O)CCc2ccc(OC)cc2)sc(C(=O)NC)c1C. The maximum Gasteiger partial charge on any atom is 0.341 e. The minimum Gasteiger partial charge on any atom is -0.497 e. The number of carbonyl (C=O) groups is 4. The molecule has 0 bridgehead atoms. The summed E-state index contributed by atoms with van der Waals surface area (Å²) in [6, 6.07) is 7.29. The Hall–Kier alpha value is -3.40. The van der Waals surface area contributed by atoms with Crippen molar-refractivity contribution in [2.75, 3.05) is 32.7 Å². The summed E-state index contributed by atoms with van der Waals surface area (Å²) >= 11 is 0.951. The summed E-state index contributed by atoms with van der Waals surface area (Å²) in [5, 5.41) is 5.20. The molecule has 32 heavy (non-hydrogen) atoms. The molecule has 2 N–H and O–H groups in total. The zero-order chi connectivity index (χ0) is 23.7. The lowest BCUT2D eigenvalue weighted by atomic mass is 10.1. The summed E-state index contributed by atoms with van der Waals surface area (Å²) in [5.41, 5.74) is 1.44. The van der Waals surface area contributed by atoms with E-state index in [1.807, 2.05) is 12.1 Å². The average molecular weight is 463 g/mol. The zero-order valence-electron chi connectivity index (χ0n) is 18.4. The molecule has 0 unspecified atom stereocenters. The lowest BCUT2D eigenvalue weighted by Gasteiger charge is -2.08. The maximum atomic E-state index is 12.3. The van der Waals surface area contributed by atoms with E-state index >= 15 is 0 Å². The molecule has 1 aromatic carbocycles. The van der Waals surface area contributed by atoms with Crippen LogP contribution < -0.4 is 15.4 Å². The van der Waals surface area contributed by atoms with Gasteiger partial charge in [-0.05, 0) is 43.5 Å². The van der Waals surface area contributed by atoms with Crippen LogP contribution in [0.5, 0.6) is 5.75 Å². The fourth-order valence-electron chi connectivity index (χ4n) is 2.80. The van der Waals surface area contributed by atoms with Crippen LogP contribution in [0.4, 0.5) is 5.00 Å². The van der Waals surface area contributed by atoms with Gasteiger partial charge in [0.1, 0.15) is 10.8 Å². The molecule has 0 atom stereocenters. The van der Waals surface area contributed by atoms with Gasteiger partial charge in [-0.3, -0.25) is 14.4 Å². The highest BCUT2D eigenvalue weighted by molar-refractivity contribution is 7.18. The molecule has 9 nitrogen and oxygen atoms in total. The van der Waals surface area contributed by atoms with E-state index in [2.05, 4.69) is 10.6 Å². The maximum absolute atomic E-state index is 12.3. The normalized spacial score (nSPS) is 10.2. The third kappa shape index (κ3) is 6.55.